The monoisotopic (exact) mass is 486 g/mol. The first-order valence-electron chi connectivity index (χ1n) is 11.8. The van der Waals surface area contributed by atoms with E-state index in [4.69, 9.17) is 0 Å². The molecule has 182 valence electrons. The van der Waals surface area contributed by atoms with E-state index < -0.39 is 11.7 Å². The zero-order chi connectivity index (χ0) is 24.6. The SMILES string of the molecule is O=C([C@H]1CC(=O)N(c2cccc(F)c2)C1)N1CCN(c2ncnc3c2nnn3-c2ccccc2)CC1. The highest BCUT2D eigenvalue weighted by Gasteiger charge is 2.38. The highest BCUT2D eigenvalue weighted by Crippen LogP contribution is 2.28. The Morgan fingerprint density at radius 1 is 0.944 bits per heavy atom. The first-order valence-corrected chi connectivity index (χ1v) is 11.8. The molecule has 4 heterocycles. The lowest BCUT2D eigenvalue weighted by Crippen LogP contribution is -2.51. The van der Waals surface area contributed by atoms with Crippen LogP contribution in [0, 0.1) is 11.7 Å². The summed E-state index contributed by atoms with van der Waals surface area (Å²) < 4.78 is 15.3. The summed E-state index contributed by atoms with van der Waals surface area (Å²) in [6.07, 6.45) is 1.63. The molecule has 2 aliphatic heterocycles. The molecule has 0 saturated carbocycles. The number of carbonyl (C=O) groups is 2. The van der Waals surface area contributed by atoms with Crippen LogP contribution in [0.25, 0.3) is 16.9 Å². The summed E-state index contributed by atoms with van der Waals surface area (Å²) in [5, 5.41) is 8.61. The molecule has 1 atom stereocenters. The molecule has 6 rings (SSSR count). The van der Waals surface area contributed by atoms with Crippen LogP contribution in [-0.2, 0) is 9.59 Å². The normalized spacial score (nSPS) is 18.3. The fraction of sp³-hybridized carbons (Fsp3) is 0.280. The second-order valence-corrected chi connectivity index (χ2v) is 8.90. The van der Waals surface area contributed by atoms with Crippen molar-refractivity contribution >= 4 is 34.5 Å². The molecule has 2 aromatic carbocycles. The quantitative estimate of drug-likeness (QED) is 0.435. The average molecular weight is 487 g/mol. The van der Waals surface area contributed by atoms with Crippen LogP contribution in [0.15, 0.2) is 60.9 Å². The van der Waals surface area contributed by atoms with Gasteiger partial charge in [0.1, 0.15) is 12.1 Å². The molecule has 2 amide bonds. The summed E-state index contributed by atoms with van der Waals surface area (Å²) in [6.45, 7) is 2.41. The topological polar surface area (TPSA) is 100 Å². The van der Waals surface area contributed by atoms with Gasteiger partial charge in [0.2, 0.25) is 11.8 Å². The molecule has 0 aliphatic carbocycles. The predicted molar refractivity (Wildman–Crippen MR) is 130 cm³/mol. The maximum absolute atomic E-state index is 13.6. The maximum Gasteiger partial charge on any atom is 0.228 e. The zero-order valence-electron chi connectivity index (χ0n) is 19.4. The van der Waals surface area contributed by atoms with Crippen LogP contribution in [0.5, 0.6) is 0 Å². The number of fused-ring (bicyclic) bond motifs is 1. The van der Waals surface area contributed by atoms with Gasteiger partial charge in [-0.15, -0.1) is 5.10 Å². The van der Waals surface area contributed by atoms with Crippen molar-refractivity contribution in [2.75, 3.05) is 42.5 Å². The summed E-state index contributed by atoms with van der Waals surface area (Å²) in [6, 6.07) is 15.6. The lowest BCUT2D eigenvalue weighted by Gasteiger charge is -2.36. The number of piperazine rings is 1. The number of aromatic nitrogens is 5. The number of benzene rings is 2. The minimum Gasteiger partial charge on any atom is -0.351 e. The van der Waals surface area contributed by atoms with E-state index in [0.717, 1.165) is 5.69 Å². The highest BCUT2D eigenvalue weighted by atomic mass is 19.1. The lowest BCUT2D eigenvalue weighted by atomic mass is 10.1. The molecule has 4 aromatic rings. The molecule has 2 aromatic heterocycles. The van der Waals surface area contributed by atoms with Crippen molar-refractivity contribution in [1.82, 2.24) is 29.9 Å². The summed E-state index contributed by atoms with van der Waals surface area (Å²) in [4.78, 5) is 40.0. The van der Waals surface area contributed by atoms with E-state index in [-0.39, 0.29) is 24.8 Å². The maximum atomic E-state index is 13.6. The second kappa shape index (κ2) is 8.99. The van der Waals surface area contributed by atoms with Crippen LogP contribution in [0.2, 0.25) is 0 Å². The van der Waals surface area contributed by atoms with E-state index in [1.165, 1.54) is 23.4 Å². The average Bonchev–Trinajstić information content (AvgIpc) is 3.53. The van der Waals surface area contributed by atoms with Crippen molar-refractivity contribution in [1.29, 1.82) is 0 Å². The molecule has 10 nitrogen and oxygen atoms in total. The Morgan fingerprint density at radius 2 is 1.72 bits per heavy atom. The number of para-hydroxylation sites is 1. The number of hydrogen-bond acceptors (Lipinski definition) is 7. The standard InChI is InChI=1S/C25H23FN8O2/c26-18-5-4-8-20(14-18)33-15-17(13-21(33)35)25(36)32-11-9-31(10-12-32)23-22-24(28-16-27-23)34(30-29-22)19-6-2-1-3-7-19/h1-8,14,16-17H,9-13,15H2/t17-/m0/s1. The largest absolute Gasteiger partial charge is 0.351 e. The minimum absolute atomic E-state index is 0.0511. The van der Waals surface area contributed by atoms with E-state index in [1.807, 2.05) is 30.3 Å². The fourth-order valence-electron chi connectivity index (χ4n) is 4.87. The second-order valence-electron chi connectivity index (χ2n) is 8.90. The third kappa shape index (κ3) is 3.92. The first kappa shape index (κ1) is 22.1. The molecule has 36 heavy (non-hydrogen) atoms. The van der Waals surface area contributed by atoms with Gasteiger partial charge in [-0.25, -0.2) is 14.4 Å². The Bertz CT molecular complexity index is 1430. The number of nitrogens with zero attached hydrogens (tertiary/aromatic N) is 8. The number of anilines is 2. The Balaban J connectivity index is 1.14. The predicted octanol–water partition coefficient (Wildman–Crippen LogP) is 2.05. The molecule has 11 heteroatoms. The number of hydrogen-bond donors (Lipinski definition) is 0. The van der Waals surface area contributed by atoms with Crippen molar-refractivity contribution in [2.45, 2.75) is 6.42 Å². The third-order valence-electron chi connectivity index (χ3n) is 6.70. The molecule has 2 saturated heterocycles. The molecule has 2 fully saturated rings. The van der Waals surface area contributed by atoms with Gasteiger partial charge in [0.25, 0.3) is 0 Å². The van der Waals surface area contributed by atoms with Crippen molar-refractivity contribution in [3.8, 4) is 5.69 Å². The highest BCUT2D eigenvalue weighted by molar-refractivity contribution is 6.00. The molecule has 0 unspecified atom stereocenters. The van der Waals surface area contributed by atoms with Crippen molar-refractivity contribution in [2.24, 2.45) is 5.92 Å². The number of rotatable bonds is 4. The molecular formula is C25H23FN8O2. The number of halogens is 1. The van der Waals surface area contributed by atoms with Crippen molar-refractivity contribution < 1.29 is 14.0 Å². The van der Waals surface area contributed by atoms with Gasteiger partial charge < -0.3 is 14.7 Å². The molecule has 2 aliphatic rings. The Hall–Kier alpha value is -4.41. The molecule has 0 N–H and O–H groups in total. The van der Waals surface area contributed by atoms with Crippen LogP contribution in [-0.4, -0.2) is 74.4 Å². The van der Waals surface area contributed by atoms with E-state index in [1.54, 1.807) is 21.7 Å². The van der Waals surface area contributed by atoms with Crippen LogP contribution in [0.3, 0.4) is 0 Å². The van der Waals surface area contributed by atoms with E-state index in [0.29, 0.717) is 48.8 Å². The molecule has 0 bridgehead atoms. The Morgan fingerprint density at radius 3 is 2.50 bits per heavy atom. The van der Waals surface area contributed by atoms with Crippen LogP contribution in [0.4, 0.5) is 15.9 Å². The molecule has 0 radical (unpaired) electrons. The third-order valence-corrected chi connectivity index (χ3v) is 6.70. The summed E-state index contributed by atoms with van der Waals surface area (Å²) in [5.41, 5.74) is 2.56. The van der Waals surface area contributed by atoms with Gasteiger partial charge >= 0.3 is 0 Å². The molecule has 0 spiro atoms. The summed E-state index contributed by atoms with van der Waals surface area (Å²) in [5.74, 6) is -0.382. The van der Waals surface area contributed by atoms with E-state index in [9.17, 15) is 14.0 Å². The van der Waals surface area contributed by atoms with Crippen LogP contribution in [0.1, 0.15) is 6.42 Å². The Kier molecular flexibility index (Phi) is 5.51. The lowest BCUT2D eigenvalue weighted by molar-refractivity contribution is -0.136. The first-order chi connectivity index (χ1) is 17.6. The van der Waals surface area contributed by atoms with Gasteiger partial charge in [-0.2, -0.15) is 4.68 Å². The van der Waals surface area contributed by atoms with Gasteiger partial charge in [-0.05, 0) is 30.3 Å². The fourth-order valence-corrected chi connectivity index (χ4v) is 4.87. The van der Waals surface area contributed by atoms with Gasteiger partial charge in [0.15, 0.2) is 17.0 Å². The van der Waals surface area contributed by atoms with E-state index in [2.05, 4.69) is 25.2 Å². The van der Waals surface area contributed by atoms with Crippen molar-refractivity contribution in [3.63, 3.8) is 0 Å². The number of carbonyl (C=O) groups excluding carboxylic acids is 2. The molecular weight excluding hydrogens is 463 g/mol. The summed E-state index contributed by atoms with van der Waals surface area (Å²) in [7, 11) is 0. The Labute approximate surface area is 206 Å². The number of amides is 2. The van der Waals surface area contributed by atoms with Crippen LogP contribution >= 0.6 is 0 Å². The van der Waals surface area contributed by atoms with Gasteiger partial charge in [0.05, 0.1) is 11.6 Å². The summed E-state index contributed by atoms with van der Waals surface area (Å²) >= 11 is 0. The van der Waals surface area contributed by atoms with Crippen LogP contribution < -0.4 is 9.80 Å². The van der Waals surface area contributed by atoms with Gasteiger partial charge in [-0.3, -0.25) is 9.59 Å². The van der Waals surface area contributed by atoms with Gasteiger partial charge in [-0.1, -0.05) is 29.5 Å². The van der Waals surface area contributed by atoms with Gasteiger partial charge in [0, 0.05) is 44.8 Å². The van der Waals surface area contributed by atoms with E-state index >= 15 is 0 Å². The zero-order valence-corrected chi connectivity index (χ0v) is 19.4. The van der Waals surface area contributed by atoms with Crippen molar-refractivity contribution in [3.05, 3.63) is 66.7 Å². The minimum atomic E-state index is -0.441. The smallest absolute Gasteiger partial charge is 0.228 e.